The number of amides is 1. The van der Waals surface area contributed by atoms with Crippen LogP contribution < -0.4 is 19.5 Å². The van der Waals surface area contributed by atoms with Crippen molar-refractivity contribution in [2.45, 2.75) is 20.3 Å². The first-order valence-electron chi connectivity index (χ1n) is 8.09. The van der Waals surface area contributed by atoms with E-state index in [1.54, 1.807) is 24.3 Å². The molecule has 2 rings (SSSR count). The van der Waals surface area contributed by atoms with Crippen molar-refractivity contribution in [3.05, 3.63) is 48.5 Å². The Kier molecular flexibility index (Phi) is 6.95. The van der Waals surface area contributed by atoms with Crippen LogP contribution in [0.25, 0.3) is 0 Å². The number of hydrogen-bond acceptors (Lipinski definition) is 4. The Hall–Kier alpha value is -2.69. The number of carbonyl (C=O) groups excluding carboxylic acids is 1. The normalized spacial score (nSPS) is 10.1. The largest absolute Gasteiger partial charge is 0.494 e. The van der Waals surface area contributed by atoms with Crippen molar-refractivity contribution < 1.29 is 19.0 Å². The zero-order valence-electron chi connectivity index (χ0n) is 14.1. The Morgan fingerprint density at radius 1 is 0.917 bits per heavy atom. The summed E-state index contributed by atoms with van der Waals surface area (Å²) in [6, 6.07) is 14.5. The van der Waals surface area contributed by atoms with E-state index >= 15 is 0 Å². The summed E-state index contributed by atoms with van der Waals surface area (Å²) < 4.78 is 16.4. The number of benzene rings is 2. The highest BCUT2D eigenvalue weighted by molar-refractivity contribution is 5.91. The monoisotopic (exact) mass is 329 g/mol. The minimum atomic E-state index is -0.223. The summed E-state index contributed by atoms with van der Waals surface area (Å²) in [5.74, 6) is 1.89. The SMILES string of the molecule is CCCOc1cccc(OCC(=O)Nc2ccc(OCC)cc2)c1. The molecule has 0 aliphatic heterocycles. The van der Waals surface area contributed by atoms with Crippen LogP contribution in [0, 0.1) is 0 Å². The second-order valence-electron chi connectivity index (χ2n) is 5.12. The molecule has 0 heterocycles. The molecule has 24 heavy (non-hydrogen) atoms. The molecule has 128 valence electrons. The number of anilines is 1. The van der Waals surface area contributed by atoms with Crippen molar-refractivity contribution in [1.29, 1.82) is 0 Å². The average Bonchev–Trinajstić information content (AvgIpc) is 2.60. The van der Waals surface area contributed by atoms with Crippen LogP contribution in [0.1, 0.15) is 20.3 Å². The third-order valence-corrected chi connectivity index (χ3v) is 3.10. The van der Waals surface area contributed by atoms with E-state index in [0.29, 0.717) is 24.7 Å². The van der Waals surface area contributed by atoms with Gasteiger partial charge in [0.25, 0.3) is 5.91 Å². The lowest BCUT2D eigenvalue weighted by Gasteiger charge is -2.10. The van der Waals surface area contributed by atoms with E-state index in [1.165, 1.54) is 0 Å². The van der Waals surface area contributed by atoms with Crippen LogP contribution in [0.5, 0.6) is 17.2 Å². The van der Waals surface area contributed by atoms with Gasteiger partial charge in [0.2, 0.25) is 0 Å². The summed E-state index contributed by atoms with van der Waals surface area (Å²) in [5, 5.41) is 2.78. The lowest BCUT2D eigenvalue weighted by molar-refractivity contribution is -0.118. The average molecular weight is 329 g/mol. The molecule has 0 saturated heterocycles. The van der Waals surface area contributed by atoms with Gasteiger partial charge >= 0.3 is 0 Å². The van der Waals surface area contributed by atoms with E-state index in [-0.39, 0.29) is 12.5 Å². The molecule has 0 bridgehead atoms. The predicted octanol–water partition coefficient (Wildman–Crippen LogP) is 3.89. The fourth-order valence-corrected chi connectivity index (χ4v) is 2.02. The van der Waals surface area contributed by atoms with Crippen LogP contribution in [0.3, 0.4) is 0 Å². The van der Waals surface area contributed by atoms with Crippen molar-refractivity contribution in [2.75, 3.05) is 25.1 Å². The van der Waals surface area contributed by atoms with Gasteiger partial charge in [0.15, 0.2) is 6.61 Å². The van der Waals surface area contributed by atoms with Gasteiger partial charge in [-0.1, -0.05) is 13.0 Å². The number of hydrogen-bond donors (Lipinski definition) is 1. The topological polar surface area (TPSA) is 56.8 Å². The lowest BCUT2D eigenvalue weighted by atomic mass is 10.3. The quantitative estimate of drug-likeness (QED) is 0.758. The van der Waals surface area contributed by atoms with E-state index < -0.39 is 0 Å². The maximum Gasteiger partial charge on any atom is 0.262 e. The van der Waals surface area contributed by atoms with Crippen LogP contribution in [-0.2, 0) is 4.79 Å². The van der Waals surface area contributed by atoms with E-state index in [4.69, 9.17) is 14.2 Å². The first-order chi connectivity index (χ1) is 11.7. The Labute approximate surface area is 142 Å². The molecular weight excluding hydrogens is 306 g/mol. The molecule has 2 aromatic rings. The second kappa shape index (κ2) is 9.45. The van der Waals surface area contributed by atoms with E-state index in [2.05, 4.69) is 5.32 Å². The Balaban J connectivity index is 1.82. The molecule has 1 N–H and O–H groups in total. The minimum Gasteiger partial charge on any atom is -0.494 e. The molecule has 5 heteroatoms. The van der Waals surface area contributed by atoms with Gasteiger partial charge in [-0.25, -0.2) is 0 Å². The van der Waals surface area contributed by atoms with Gasteiger partial charge in [-0.05, 0) is 49.7 Å². The van der Waals surface area contributed by atoms with Crippen molar-refractivity contribution in [1.82, 2.24) is 0 Å². The van der Waals surface area contributed by atoms with Gasteiger partial charge in [0.1, 0.15) is 17.2 Å². The van der Waals surface area contributed by atoms with Crippen molar-refractivity contribution >= 4 is 11.6 Å². The molecule has 2 aromatic carbocycles. The van der Waals surface area contributed by atoms with Gasteiger partial charge < -0.3 is 19.5 Å². The van der Waals surface area contributed by atoms with Gasteiger partial charge in [-0.3, -0.25) is 4.79 Å². The van der Waals surface area contributed by atoms with Crippen LogP contribution in [0.15, 0.2) is 48.5 Å². The number of rotatable bonds is 9. The fourth-order valence-electron chi connectivity index (χ4n) is 2.02. The fraction of sp³-hybridized carbons (Fsp3) is 0.316. The Bertz CT molecular complexity index is 640. The molecule has 0 fully saturated rings. The van der Waals surface area contributed by atoms with Crippen LogP contribution in [-0.4, -0.2) is 25.7 Å². The molecule has 0 unspecified atom stereocenters. The van der Waals surface area contributed by atoms with Gasteiger partial charge in [-0.2, -0.15) is 0 Å². The summed E-state index contributed by atoms with van der Waals surface area (Å²) in [6.07, 6.45) is 0.940. The molecule has 1 amide bonds. The second-order valence-corrected chi connectivity index (χ2v) is 5.12. The zero-order chi connectivity index (χ0) is 17.2. The van der Waals surface area contributed by atoms with Crippen LogP contribution >= 0.6 is 0 Å². The van der Waals surface area contributed by atoms with Gasteiger partial charge in [0.05, 0.1) is 13.2 Å². The molecular formula is C19H23NO4. The van der Waals surface area contributed by atoms with Crippen LogP contribution in [0.2, 0.25) is 0 Å². The maximum atomic E-state index is 12.0. The molecule has 0 atom stereocenters. The predicted molar refractivity (Wildman–Crippen MR) is 94.0 cm³/mol. The first kappa shape index (κ1) is 17.7. The molecule has 5 nitrogen and oxygen atoms in total. The third kappa shape index (κ3) is 5.83. The maximum absolute atomic E-state index is 12.0. The van der Waals surface area contributed by atoms with E-state index in [9.17, 15) is 4.79 Å². The Morgan fingerprint density at radius 2 is 1.62 bits per heavy atom. The van der Waals surface area contributed by atoms with E-state index in [1.807, 2.05) is 38.1 Å². The lowest BCUT2D eigenvalue weighted by Crippen LogP contribution is -2.20. The van der Waals surface area contributed by atoms with Crippen molar-refractivity contribution in [2.24, 2.45) is 0 Å². The molecule has 0 spiro atoms. The van der Waals surface area contributed by atoms with Crippen molar-refractivity contribution in [3.8, 4) is 17.2 Å². The highest BCUT2D eigenvalue weighted by Gasteiger charge is 2.05. The third-order valence-electron chi connectivity index (χ3n) is 3.10. The number of nitrogens with one attached hydrogen (secondary N) is 1. The number of carbonyl (C=O) groups is 1. The highest BCUT2D eigenvalue weighted by Crippen LogP contribution is 2.20. The van der Waals surface area contributed by atoms with Crippen molar-refractivity contribution in [3.63, 3.8) is 0 Å². The van der Waals surface area contributed by atoms with Gasteiger partial charge in [-0.15, -0.1) is 0 Å². The summed E-state index contributed by atoms with van der Waals surface area (Å²) in [4.78, 5) is 12.0. The molecule has 0 radical (unpaired) electrons. The minimum absolute atomic E-state index is 0.0650. The summed E-state index contributed by atoms with van der Waals surface area (Å²) in [5.41, 5.74) is 0.701. The molecule has 0 aromatic heterocycles. The first-order valence-corrected chi connectivity index (χ1v) is 8.09. The van der Waals surface area contributed by atoms with E-state index in [0.717, 1.165) is 17.9 Å². The molecule has 0 saturated carbocycles. The summed E-state index contributed by atoms with van der Waals surface area (Å²) >= 11 is 0. The Morgan fingerprint density at radius 3 is 2.29 bits per heavy atom. The molecule has 0 aliphatic rings. The highest BCUT2D eigenvalue weighted by atomic mass is 16.5. The van der Waals surface area contributed by atoms with Crippen LogP contribution in [0.4, 0.5) is 5.69 Å². The smallest absolute Gasteiger partial charge is 0.262 e. The zero-order valence-corrected chi connectivity index (χ0v) is 14.1. The molecule has 0 aliphatic carbocycles. The summed E-state index contributed by atoms with van der Waals surface area (Å²) in [6.45, 7) is 5.17. The van der Waals surface area contributed by atoms with Gasteiger partial charge in [0, 0.05) is 11.8 Å². The number of ether oxygens (including phenoxy) is 3. The standard InChI is InChI=1S/C19H23NO4/c1-3-12-23-17-6-5-7-18(13-17)24-14-19(21)20-15-8-10-16(11-9-15)22-4-2/h5-11,13H,3-4,12,14H2,1-2H3,(H,20,21). The summed E-state index contributed by atoms with van der Waals surface area (Å²) in [7, 11) is 0.